The minimum atomic E-state index is 0.476. The lowest BCUT2D eigenvalue weighted by Crippen LogP contribution is -2.49. The Bertz CT molecular complexity index is 577. The van der Waals surface area contributed by atoms with Crippen LogP contribution in [0.4, 0.5) is 0 Å². The van der Waals surface area contributed by atoms with E-state index in [4.69, 9.17) is 21.3 Å². The number of guanidine groups is 1. The summed E-state index contributed by atoms with van der Waals surface area (Å²) in [5.74, 6) is 0.904. The quantitative estimate of drug-likeness (QED) is 0.476. The SMILES string of the molecule is CCNC(=NCCc1cc(Cl)ccc1Br)NC1CCN(CCOC)CC1. The van der Waals surface area contributed by atoms with Gasteiger partial charge in [0.15, 0.2) is 5.96 Å². The first-order valence-electron chi connectivity index (χ1n) is 9.32. The lowest BCUT2D eigenvalue weighted by molar-refractivity contribution is 0.128. The van der Waals surface area contributed by atoms with E-state index in [1.165, 1.54) is 5.56 Å². The summed E-state index contributed by atoms with van der Waals surface area (Å²) in [5, 5.41) is 7.71. The predicted octanol–water partition coefficient (Wildman–Crippen LogP) is 3.31. The minimum absolute atomic E-state index is 0.476. The molecule has 1 aliphatic rings. The molecule has 0 radical (unpaired) electrons. The molecule has 7 heteroatoms. The largest absolute Gasteiger partial charge is 0.383 e. The van der Waals surface area contributed by atoms with Crippen molar-refractivity contribution in [3.63, 3.8) is 0 Å². The maximum absolute atomic E-state index is 6.09. The van der Waals surface area contributed by atoms with Crippen molar-refractivity contribution >= 4 is 33.5 Å². The van der Waals surface area contributed by atoms with E-state index in [9.17, 15) is 0 Å². The van der Waals surface area contributed by atoms with Gasteiger partial charge in [0.05, 0.1) is 6.61 Å². The maximum Gasteiger partial charge on any atom is 0.191 e. The lowest BCUT2D eigenvalue weighted by Gasteiger charge is -2.32. The van der Waals surface area contributed by atoms with Crippen molar-refractivity contribution in [2.45, 2.75) is 32.2 Å². The molecule has 0 amide bonds. The summed E-state index contributed by atoms with van der Waals surface area (Å²) in [6.45, 7) is 7.72. The zero-order chi connectivity index (χ0) is 18.8. The fourth-order valence-electron chi connectivity index (χ4n) is 3.06. The number of nitrogens with one attached hydrogen (secondary N) is 2. The molecule has 0 aromatic heterocycles. The zero-order valence-electron chi connectivity index (χ0n) is 15.7. The Labute approximate surface area is 170 Å². The number of likely N-dealkylation sites (tertiary alicyclic amines) is 1. The van der Waals surface area contributed by atoms with E-state index < -0.39 is 0 Å². The molecule has 2 N–H and O–H groups in total. The average molecular weight is 446 g/mol. The number of ether oxygens (including phenoxy) is 1. The topological polar surface area (TPSA) is 48.9 Å². The Morgan fingerprint density at radius 2 is 2.15 bits per heavy atom. The molecule has 0 aliphatic carbocycles. The Morgan fingerprint density at radius 3 is 2.85 bits per heavy atom. The van der Waals surface area contributed by atoms with Crippen LogP contribution in [0.2, 0.25) is 5.02 Å². The van der Waals surface area contributed by atoms with Crippen LogP contribution in [0.25, 0.3) is 0 Å². The summed E-state index contributed by atoms with van der Waals surface area (Å²) in [7, 11) is 1.76. The highest BCUT2D eigenvalue weighted by atomic mass is 79.9. The van der Waals surface area contributed by atoms with Gasteiger partial charge < -0.3 is 20.3 Å². The molecular formula is C19H30BrClN4O. The van der Waals surface area contributed by atoms with Gasteiger partial charge in [-0.25, -0.2) is 0 Å². The smallest absolute Gasteiger partial charge is 0.191 e. The molecule has 1 saturated heterocycles. The average Bonchev–Trinajstić information content (AvgIpc) is 2.64. The van der Waals surface area contributed by atoms with Crippen molar-refractivity contribution < 1.29 is 4.74 Å². The van der Waals surface area contributed by atoms with E-state index in [-0.39, 0.29) is 0 Å². The number of hydrogen-bond donors (Lipinski definition) is 2. The molecule has 1 fully saturated rings. The molecule has 1 heterocycles. The van der Waals surface area contributed by atoms with Crippen molar-refractivity contribution in [2.75, 3.05) is 46.4 Å². The monoisotopic (exact) mass is 444 g/mol. The molecule has 2 rings (SSSR count). The summed E-state index contributed by atoms with van der Waals surface area (Å²) in [4.78, 5) is 7.20. The van der Waals surface area contributed by atoms with Crippen LogP contribution in [-0.4, -0.2) is 63.3 Å². The normalized spacial score (nSPS) is 16.7. The van der Waals surface area contributed by atoms with Gasteiger partial charge in [-0.2, -0.15) is 0 Å². The third-order valence-electron chi connectivity index (χ3n) is 4.54. The van der Waals surface area contributed by atoms with Crippen molar-refractivity contribution in [1.82, 2.24) is 15.5 Å². The van der Waals surface area contributed by atoms with E-state index in [1.807, 2.05) is 18.2 Å². The van der Waals surface area contributed by atoms with Crippen molar-refractivity contribution in [2.24, 2.45) is 4.99 Å². The van der Waals surface area contributed by atoms with Gasteiger partial charge in [0, 0.05) is 55.4 Å². The highest BCUT2D eigenvalue weighted by Gasteiger charge is 2.19. The van der Waals surface area contributed by atoms with Crippen LogP contribution in [0.3, 0.4) is 0 Å². The molecule has 0 spiro atoms. The van der Waals surface area contributed by atoms with Gasteiger partial charge >= 0.3 is 0 Å². The summed E-state index contributed by atoms with van der Waals surface area (Å²) in [6.07, 6.45) is 3.12. The second-order valence-corrected chi connectivity index (χ2v) is 7.79. The number of benzene rings is 1. The molecule has 26 heavy (non-hydrogen) atoms. The first-order valence-corrected chi connectivity index (χ1v) is 10.5. The summed E-state index contributed by atoms with van der Waals surface area (Å²) in [5.41, 5.74) is 1.18. The van der Waals surface area contributed by atoms with Crippen LogP contribution >= 0.6 is 27.5 Å². The molecule has 5 nitrogen and oxygen atoms in total. The molecule has 146 valence electrons. The summed E-state index contributed by atoms with van der Waals surface area (Å²) in [6, 6.07) is 6.35. The molecular weight excluding hydrogens is 416 g/mol. The zero-order valence-corrected chi connectivity index (χ0v) is 18.1. The predicted molar refractivity (Wildman–Crippen MR) is 113 cm³/mol. The van der Waals surface area contributed by atoms with Gasteiger partial charge in [-0.05, 0) is 49.9 Å². The Kier molecular flexibility index (Phi) is 9.75. The van der Waals surface area contributed by atoms with Crippen molar-refractivity contribution in [1.29, 1.82) is 0 Å². The number of methoxy groups -OCH3 is 1. The number of halogens is 2. The second-order valence-electron chi connectivity index (χ2n) is 6.50. The van der Waals surface area contributed by atoms with Crippen LogP contribution in [0.5, 0.6) is 0 Å². The molecule has 1 aliphatic heterocycles. The van der Waals surface area contributed by atoms with Crippen molar-refractivity contribution in [3.05, 3.63) is 33.3 Å². The van der Waals surface area contributed by atoms with Gasteiger partial charge in [0.25, 0.3) is 0 Å². The highest BCUT2D eigenvalue weighted by molar-refractivity contribution is 9.10. The standard InChI is InChI=1S/C19H30BrClN4O/c1-3-22-19(23-9-6-15-14-16(21)4-5-18(15)20)24-17-7-10-25(11-8-17)12-13-26-2/h4-5,14,17H,3,6-13H2,1-2H3,(H2,22,23,24). The molecule has 0 bridgehead atoms. The van der Waals surface area contributed by atoms with E-state index >= 15 is 0 Å². The Balaban J connectivity index is 1.82. The van der Waals surface area contributed by atoms with Gasteiger partial charge in [-0.15, -0.1) is 0 Å². The van der Waals surface area contributed by atoms with Gasteiger partial charge in [-0.3, -0.25) is 4.99 Å². The number of nitrogens with zero attached hydrogens (tertiary/aromatic N) is 2. The molecule has 1 aromatic rings. The van der Waals surface area contributed by atoms with Crippen LogP contribution in [0, 0.1) is 0 Å². The Hall–Kier alpha value is -0.820. The lowest BCUT2D eigenvalue weighted by atomic mass is 10.1. The van der Waals surface area contributed by atoms with Gasteiger partial charge in [0.1, 0.15) is 0 Å². The first kappa shape index (κ1) is 21.5. The minimum Gasteiger partial charge on any atom is -0.383 e. The Morgan fingerprint density at radius 1 is 1.38 bits per heavy atom. The van der Waals surface area contributed by atoms with Crippen LogP contribution in [0.1, 0.15) is 25.3 Å². The first-order chi connectivity index (χ1) is 12.6. The third-order valence-corrected chi connectivity index (χ3v) is 5.55. The molecule has 0 unspecified atom stereocenters. The highest BCUT2D eigenvalue weighted by Crippen LogP contribution is 2.21. The third kappa shape index (κ3) is 7.43. The van der Waals surface area contributed by atoms with E-state index in [1.54, 1.807) is 7.11 Å². The van der Waals surface area contributed by atoms with E-state index in [2.05, 4.69) is 38.4 Å². The fraction of sp³-hybridized carbons (Fsp3) is 0.632. The fourth-order valence-corrected chi connectivity index (χ4v) is 3.70. The number of aliphatic imine (C=N–C) groups is 1. The summed E-state index contributed by atoms with van der Waals surface area (Å²) < 4.78 is 6.25. The second kappa shape index (κ2) is 11.8. The van der Waals surface area contributed by atoms with Gasteiger partial charge in [-0.1, -0.05) is 27.5 Å². The summed E-state index contributed by atoms with van der Waals surface area (Å²) >= 11 is 9.67. The maximum atomic E-state index is 6.09. The van der Waals surface area contributed by atoms with Crippen molar-refractivity contribution in [3.8, 4) is 0 Å². The van der Waals surface area contributed by atoms with E-state index in [0.717, 1.165) is 74.0 Å². The molecule has 0 atom stereocenters. The molecule has 0 saturated carbocycles. The number of piperidine rings is 1. The van der Waals surface area contributed by atoms with Crippen LogP contribution in [-0.2, 0) is 11.2 Å². The molecule has 1 aromatic carbocycles. The van der Waals surface area contributed by atoms with Crippen LogP contribution < -0.4 is 10.6 Å². The van der Waals surface area contributed by atoms with Crippen LogP contribution in [0.15, 0.2) is 27.7 Å². The van der Waals surface area contributed by atoms with E-state index in [0.29, 0.717) is 6.04 Å². The van der Waals surface area contributed by atoms with Gasteiger partial charge in [0.2, 0.25) is 0 Å². The number of rotatable bonds is 8. The number of hydrogen-bond acceptors (Lipinski definition) is 3.